The Morgan fingerprint density at radius 3 is 2.39 bits per heavy atom. The predicted octanol–water partition coefficient (Wildman–Crippen LogP) is 5.30. The second kappa shape index (κ2) is 10.3. The molecule has 1 aliphatic rings. The lowest BCUT2D eigenvalue weighted by Crippen LogP contribution is -2.44. The molecule has 1 aliphatic heterocycles. The molecule has 8 heteroatoms. The summed E-state index contributed by atoms with van der Waals surface area (Å²) in [6.07, 6.45) is 2.95. The summed E-state index contributed by atoms with van der Waals surface area (Å²) >= 11 is 12.0. The molecule has 0 aromatic heterocycles. The number of carbonyl (C=O) groups excluding carboxylic acids is 1. The summed E-state index contributed by atoms with van der Waals surface area (Å²) in [6.45, 7) is 4.72. The Bertz CT molecular complexity index is 1030. The number of amides is 1. The molecular formula is C23H28Cl2N2O3S. The fraction of sp³-hybridized carbons (Fsp3) is 0.435. The fourth-order valence-corrected chi connectivity index (χ4v) is 5.89. The number of nitrogens with zero attached hydrogens (tertiary/aromatic N) is 1. The van der Waals surface area contributed by atoms with E-state index in [4.69, 9.17) is 23.2 Å². The molecule has 0 bridgehead atoms. The maximum Gasteiger partial charge on any atom is 0.228 e. The zero-order valence-electron chi connectivity index (χ0n) is 17.8. The van der Waals surface area contributed by atoms with Gasteiger partial charge >= 0.3 is 0 Å². The summed E-state index contributed by atoms with van der Waals surface area (Å²) in [7, 11) is -3.58. The van der Waals surface area contributed by atoms with Crippen molar-refractivity contribution in [3.8, 4) is 0 Å². The van der Waals surface area contributed by atoms with Crippen LogP contribution in [0.3, 0.4) is 0 Å². The van der Waals surface area contributed by atoms with E-state index in [1.807, 2.05) is 18.2 Å². The second-order valence-corrected chi connectivity index (χ2v) is 10.6. The van der Waals surface area contributed by atoms with E-state index in [1.54, 1.807) is 18.2 Å². The lowest BCUT2D eigenvalue weighted by Gasteiger charge is -2.31. The van der Waals surface area contributed by atoms with E-state index in [2.05, 4.69) is 19.2 Å². The third-order valence-electron chi connectivity index (χ3n) is 5.73. The van der Waals surface area contributed by atoms with Crippen molar-refractivity contribution in [1.82, 2.24) is 4.31 Å². The monoisotopic (exact) mass is 482 g/mol. The lowest BCUT2D eigenvalue weighted by molar-refractivity contribution is -0.120. The van der Waals surface area contributed by atoms with Gasteiger partial charge in [-0.1, -0.05) is 61.3 Å². The van der Waals surface area contributed by atoms with Crippen molar-refractivity contribution in [2.75, 3.05) is 18.4 Å². The van der Waals surface area contributed by atoms with E-state index in [9.17, 15) is 13.2 Å². The third-order valence-corrected chi connectivity index (χ3v) is 8.28. The number of nitrogens with one attached hydrogen (secondary N) is 1. The summed E-state index contributed by atoms with van der Waals surface area (Å²) in [4.78, 5) is 13.1. The van der Waals surface area contributed by atoms with E-state index in [0.717, 1.165) is 29.7 Å². The number of piperidine rings is 1. The van der Waals surface area contributed by atoms with E-state index in [-0.39, 0.29) is 24.1 Å². The van der Waals surface area contributed by atoms with Crippen LogP contribution in [-0.4, -0.2) is 31.7 Å². The minimum atomic E-state index is -3.58. The van der Waals surface area contributed by atoms with E-state index < -0.39 is 10.0 Å². The molecule has 0 radical (unpaired) electrons. The van der Waals surface area contributed by atoms with Gasteiger partial charge in [0.1, 0.15) is 0 Å². The first-order valence-corrected chi connectivity index (χ1v) is 12.9. The number of hydrogen-bond donors (Lipinski definition) is 1. The zero-order valence-corrected chi connectivity index (χ0v) is 20.2. The van der Waals surface area contributed by atoms with Crippen molar-refractivity contribution in [1.29, 1.82) is 0 Å². The van der Waals surface area contributed by atoms with Crippen LogP contribution >= 0.6 is 23.2 Å². The summed E-state index contributed by atoms with van der Waals surface area (Å²) in [6, 6.07) is 10.9. The van der Waals surface area contributed by atoms with Gasteiger partial charge < -0.3 is 5.32 Å². The Morgan fingerprint density at radius 2 is 1.77 bits per heavy atom. The standard InChI is InChI=1S/C23H28Cl2N2O3S/c1-3-17-7-5-8-18(4-2)22(17)26-23(28)19-9-6-12-27(14-19)31(29,30)15-16-10-11-20(24)21(25)13-16/h5,7-8,10-11,13,19H,3-4,6,9,12,14-15H2,1-2H3,(H,26,28). The highest BCUT2D eigenvalue weighted by molar-refractivity contribution is 7.88. The first-order chi connectivity index (χ1) is 14.7. The first-order valence-electron chi connectivity index (χ1n) is 10.6. The number of hydrogen-bond acceptors (Lipinski definition) is 3. The summed E-state index contributed by atoms with van der Waals surface area (Å²) in [5.41, 5.74) is 3.62. The van der Waals surface area contributed by atoms with Gasteiger partial charge in [0.05, 0.1) is 21.7 Å². The molecule has 1 heterocycles. The minimum Gasteiger partial charge on any atom is -0.325 e. The number of aryl methyl sites for hydroxylation is 2. The van der Waals surface area contributed by atoms with Gasteiger partial charge in [-0.25, -0.2) is 12.7 Å². The van der Waals surface area contributed by atoms with Crippen LogP contribution in [0.15, 0.2) is 36.4 Å². The van der Waals surface area contributed by atoms with E-state index >= 15 is 0 Å². The summed E-state index contributed by atoms with van der Waals surface area (Å²) < 4.78 is 27.4. The minimum absolute atomic E-state index is 0.120. The number of para-hydroxylation sites is 1. The quantitative estimate of drug-likeness (QED) is 0.581. The van der Waals surface area contributed by atoms with E-state index in [1.165, 1.54) is 4.31 Å². The summed E-state index contributed by atoms with van der Waals surface area (Å²) in [5, 5.41) is 3.80. The van der Waals surface area contributed by atoms with Crippen LogP contribution in [-0.2, 0) is 33.4 Å². The van der Waals surface area contributed by atoms with Crippen LogP contribution in [0.4, 0.5) is 5.69 Å². The van der Waals surface area contributed by atoms with Gasteiger partial charge in [-0.05, 0) is 54.5 Å². The van der Waals surface area contributed by atoms with Gasteiger partial charge in [0.2, 0.25) is 15.9 Å². The fourth-order valence-electron chi connectivity index (χ4n) is 3.97. The van der Waals surface area contributed by atoms with Gasteiger partial charge in [0.25, 0.3) is 0 Å². The number of rotatable bonds is 7. The highest BCUT2D eigenvalue weighted by atomic mass is 35.5. The van der Waals surface area contributed by atoms with Crippen LogP contribution in [0.5, 0.6) is 0 Å². The van der Waals surface area contributed by atoms with Crippen molar-refractivity contribution in [3.63, 3.8) is 0 Å². The average molecular weight is 483 g/mol. The molecule has 2 aromatic carbocycles. The highest BCUT2D eigenvalue weighted by Crippen LogP contribution is 2.28. The Kier molecular flexibility index (Phi) is 8.03. The van der Waals surface area contributed by atoms with Gasteiger partial charge in [0.15, 0.2) is 0 Å². The van der Waals surface area contributed by atoms with Crippen LogP contribution < -0.4 is 5.32 Å². The molecule has 1 saturated heterocycles. The van der Waals surface area contributed by atoms with Crippen LogP contribution in [0, 0.1) is 5.92 Å². The third kappa shape index (κ3) is 5.80. The highest BCUT2D eigenvalue weighted by Gasteiger charge is 2.33. The van der Waals surface area contributed by atoms with Crippen molar-refractivity contribution >= 4 is 44.8 Å². The maximum atomic E-state index is 13.1. The topological polar surface area (TPSA) is 66.5 Å². The average Bonchev–Trinajstić information content (AvgIpc) is 2.76. The predicted molar refractivity (Wildman–Crippen MR) is 127 cm³/mol. The SMILES string of the molecule is CCc1cccc(CC)c1NC(=O)C1CCCN(S(=O)(=O)Cc2ccc(Cl)c(Cl)c2)C1. The smallest absolute Gasteiger partial charge is 0.228 e. The number of benzene rings is 2. The van der Waals surface area contributed by atoms with Crippen LogP contribution in [0.1, 0.15) is 43.4 Å². The molecule has 1 fully saturated rings. The molecule has 168 valence electrons. The first kappa shape index (κ1) is 24.1. The van der Waals surface area contributed by atoms with Crippen molar-refractivity contribution in [3.05, 3.63) is 63.1 Å². The molecule has 0 saturated carbocycles. The molecular weight excluding hydrogens is 455 g/mol. The molecule has 1 unspecified atom stereocenters. The lowest BCUT2D eigenvalue weighted by atomic mass is 9.97. The van der Waals surface area contributed by atoms with Gasteiger partial charge in [-0.2, -0.15) is 0 Å². The number of anilines is 1. The zero-order chi connectivity index (χ0) is 22.6. The molecule has 31 heavy (non-hydrogen) atoms. The second-order valence-electron chi connectivity index (χ2n) is 7.85. The van der Waals surface area contributed by atoms with Gasteiger partial charge in [-0.3, -0.25) is 4.79 Å². The Labute approximate surface area is 194 Å². The number of halogens is 2. The van der Waals surface area contributed by atoms with Crippen LogP contribution in [0.2, 0.25) is 10.0 Å². The van der Waals surface area contributed by atoms with Gasteiger partial charge in [0, 0.05) is 18.8 Å². The molecule has 3 rings (SSSR count). The van der Waals surface area contributed by atoms with Crippen molar-refractivity contribution in [2.24, 2.45) is 5.92 Å². The molecule has 2 aromatic rings. The Morgan fingerprint density at radius 1 is 1.10 bits per heavy atom. The molecule has 5 nitrogen and oxygen atoms in total. The largest absolute Gasteiger partial charge is 0.325 e. The molecule has 0 aliphatic carbocycles. The molecule has 1 N–H and O–H groups in total. The molecule has 0 spiro atoms. The van der Waals surface area contributed by atoms with Crippen LogP contribution in [0.25, 0.3) is 0 Å². The van der Waals surface area contributed by atoms with Crippen molar-refractivity contribution in [2.45, 2.75) is 45.3 Å². The number of carbonyl (C=O) groups is 1. The maximum absolute atomic E-state index is 13.1. The van der Waals surface area contributed by atoms with Gasteiger partial charge in [-0.15, -0.1) is 0 Å². The molecule has 1 amide bonds. The Hall–Kier alpha value is -1.60. The number of sulfonamides is 1. The normalized spacial score (nSPS) is 17.5. The van der Waals surface area contributed by atoms with E-state index in [0.29, 0.717) is 35.0 Å². The van der Waals surface area contributed by atoms with Crippen molar-refractivity contribution < 1.29 is 13.2 Å². The molecule has 1 atom stereocenters. The summed E-state index contributed by atoms with van der Waals surface area (Å²) in [5.74, 6) is -0.673. The Balaban J connectivity index is 1.72.